The highest BCUT2D eigenvalue weighted by Crippen LogP contribution is 2.25. The van der Waals surface area contributed by atoms with Gasteiger partial charge in [0.1, 0.15) is 17.0 Å². The minimum Gasteiger partial charge on any atom is -0.361 e. The second-order valence-corrected chi connectivity index (χ2v) is 6.83. The van der Waals surface area contributed by atoms with E-state index in [0.29, 0.717) is 41.5 Å². The van der Waals surface area contributed by atoms with Crippen LogP contribution in [0.5, 0.6) is 0 Å². The van der Waals surface area contributed by atoms with Gasteiger partial charge in [0.2, 0.25) is 0 Å². The quantitative estimate of drug-likeness (QED) is 0.759. The number of anilines is 1. The molecule has 3 aromatic rings. The van der Waals surface area contributed by atoms with Crippen molar-refractivity contribution < 1.29 is 14.1 Å². The Hall–Kier alpha value is -3.48. The normalized spacial score (nSPS) is 13.1. The molecular weight excluding hydrogens is 356 g/mol. The number of rotatable bonds is 3. The Balaban J connectivity index is 1.53. The summed E-state index contributed by atoms with van der Waals surface area (Å²) in [6, 6.07) is 11.0. The number of carbonyl (C=O) groups is 2. The number of carbonyl (C=O) groups excluding carboxylic acids is 2. The van der Waals surface area contributed by atoms with E-state index in [1.807, 2.05) is 18.2 Å². The molecule has 0 atom stereocenters. The highest BCUT2D eigenvalue weighted by Gasteiger charge is 2.26. The average Bonchev–Trinajstić information content (AvgIpc) is 3.05. The summed E-state index contributed by atoms with van der Waals surface area (Å²) in [5.74, 6) is 0.189. The number of fused-ring (bicyclic) bond motifs is 1. The molecule has 3 heterocycles. The smallest absolute Gasteiger partial charge is 0.274 e. The molecule has 7 heteroatoms. The molecule has 2 amide bonds. The molecule has 0 saturated carbocycles. The molecule has 1 aliphatic rings. The summed E-state index contributed by atoms with van der Waals surface area (Å²) in [5, 5.41) is 6.74. The highest BCUT2D eigenvalue weighted by atomic mass is 16.5. The van der Waals surface area contributed by atoms with Crippen molar-refractivity contribution in [1.82, 2.24) is 15.0 Å². The Morgan fingerprint density at radius 3 is 2.71 bits per heavy atom. The predicted molar refractivity (Wildman–Crippen MR) is 103 cm³/mol. The summed E-state index contributed by atoms with van der Waals surface area (Å²) >= 11 is 0. The SMILES string of the molecule is Cc1noc(C)c1C(=O)N1CCc2ccc(NC(=O)c3ccccn3)cc2C1. The van der Waals surface area contributed by atoms with E-state index in [0.717, 1.165) is 12.0 Å². The number of nitrogens with zero attached hydrogens (tertiary/aromatic N) is 3. The van der Waals surface area contributed by atoms with Gasteiger partial charge in [-0.05, 0) is 55.7 Å². The summed E-state index contributed by atoms with van der Waals surface area (Å²) in [4.78, 5) is 31.1. The molecule has 1 aromatic carbocycles. The number of aromatic nitrogens is 2. The van der Waals surface area contributed by atoms with Crippen LogP contribution in [0.4, 0.5) is 5.69 Å². The van der Waals surface area contributed by atoms with Crippen molar-refractivity contribution in [2.45, 2.75) is 26.8 Å². The molecule has 4 rings (SSSR count). The van der Waals surface area contributed by atoms with Gasteiger partial charge >= 0.3 is 0 Å². The molecule has 0 unspecified atom stereocenters. The molecule has 0 saturated heterocycles. The Morgan fingerprint density at radius 1 is 1.14 bits per heavy atom. The van der Waals surface area contributed by atoms with Crippen LogP contribution in [0.1, 0.15) is 43.4 Å². The van der Waals surface area contributed by atoms with Gasteiger partial charge in [-0.15, -0.1) is 0 Å². The van der Waals surface area contributed by atoms with Crippen molar-refractivity contribution in [3.8, 4) is 0 Å². The molecule has 28 heavy (non-hydrogen) atoms. The van der Waals surface area contributed by atoms with Gasteiger partial charge in [-0.2, -0.15) is 0 Å². The van der Waals surface area contributed by atoms with Crippen molar-refractivity contribution in [3.05, 3.63) is 76.4 Å². The molecule has 2 aromatic heterocycles. The van der Waals surface area contributed by atoms with Crippen LogP contribution in [-0.4, -0.2) is 33.4 Å². The Kier molecular flexibility index (Phi) is 4.65. The first kappa shape index (κ1) is 17.9. The summed E-state index contributed by atoms with van der Waals surface area (Å²) in [6.45, 7) is 4.63. The number of aryl methyl sites for hydroxylation is 2. The molecule has 7 nitrogen and oxygen atoms in total. The lowest BCUT2D eigenvalue weighted by Crippen LogP contribution is -2.36. The van der Waals surface area contributed by atoms with Crippen LogP contribution in [0, 0.1) is 13.8 Å². The maximum Gasteiger partial charge on any atom is 0.274 e. The third-order valence-electron chi connectivity index (χ3n) is 4.91. The zero-order chi connectivity index (χ0) is 19.7. The zero-order valence-electron chi connectivity index (χ0n) is 15.7. The van der Waals surface area contributed by atoms with Gasteiger partial charge in [-0.25, -0.2) is 0 Å². The average molecular weight is 376 g/mol. The van der Waals surface area contributed by atoms with Crippen LogP contribution in [0.25, 0.3) is 0 Å². The van der Waals surface area contributed by atoms with E-state index < -0.39 is 0 Å². The maximum atomic E-state index is 12.9. The largest absolute Gasteiger partial charge is 0.361 e. The third kappa shape index (κ3) is 3.38. The Bertz CT molecular complexity index is 1020. The standard InChI is InChI=1S/C21H20N4O3/c1-13-19(14(2)28-24-13)21(27)25-10-8-15-6-7-17(11-16(15)12-25)23-20(26)18-5-3-4-9-22-18/h3-7,9,11H,8,10,12H2,1-2H3,(H,23,26). The van der Waals surface area contributed by atoms with Crippen molar-refractivity contribution >= 4 is 17.5 Å². The van der Waals surface area contributed by atoms with E-state index in [2.05, 4.69) is 15.5 Å². The van der Waals surface area contributed by atoms with Crippen molar-refractivity contribution in [1.29, 1.82) is 0 Å². The first-order valence-corrected chi connectivity index (χ1v) is 9.09. The number of hydrogen-bond donors (Lipinski definition) is 1. The van der Waals surface area contributed by atoms with Crippen LogP contribution in [-0.2, 0) is 13.0 Å². The van der Waals surface area contributed by atoms with E-state index in [4.69, 9.17) is 4.52 Å². The molecule has 0 bridgehead atoms. The molecule has 142 valence electrons. The maximum absolute atomic E-state index is 12.9. The van der Waals surface area contributed by atoms with Crippen molar-refractivity contribution in [3.63, 3.8) is 0 Å². The highest BCUT2D eigenvalue weighted by molar-refractivity contribution is 6.02. The molecule has 0 spiro atoms. The molecule has 1 aliphatic heterocycles. The van der Waals surface area contributed by atoms with E-state index in [-0.39, 0.29) is 11.8 Å². The molecule has 0 radical (unpaired) electrons. The van der Waals surface area contributed by atoms with E-state index in [1.165, 1.54) is 5.56 Å². The zero-order valence-corrected chi connectivity index (χ0v) is 15.7. The van der Waals surface area contributed by atoms with Gasteiger partial charge in [0.25, 0.3) is 11.8 Å². The molecule has 0 aliphatic carbocycles. The van der Waals surface area contributed by atoms with Gasteiger partial charge in [0.15, 0.2) is 0 Å². The number of amides is 2. The van der Waals surface area contributed by atoms with Gasteiger partial charge in [0, 0.05) is 25.0 Å². The fourth-order valence-corrected chi connectivity index (χ4v) is 3.45. The number of hydrogen-bond acceptors (Lipinski definition) is 5. The second-order valence-electron chi connectivity index (χ2n) is 6.83. The fraction of sp³-hybridized carbons (Fsp3) is 0.238. The van der Waals surface area contributed by atoms with E-state index in [9.17, 15) is 9.59 Å². The predicted octanol–water partition coefficient (Wildman–Crippen LogP) is 3.14. The lowest BCUT2D eigenvalue weighted by Gasteiger charge is -2.29. The summed E-state index contributed by atoms with van der Waals surface area (Å²) in [7, 11) is 0. The Morgan fingerprint density at radius 2 is 2.00 bits per heavy atom. The number of benzene rings is 1. The minimum atomic E-state index is -0.264. The summed E-state index contributed by atoms with van der Waals surface area (Å²) < 4.78 is 5.13. The molecule has 1 N–H and O–H groups in total. The van der Waals surface area contributed by atoms with Gasteiger partial charge < -0.3 is 14.7 Å². The van der Waals surface area contributed by atoms with Crippen LogP contribution >= 0.6 is 0 Å². The lowest BCUT2D eigenvalue weighted by molar-refractivity contribution is 0.0732. The first-order chi connectivity index (χ1) is 13.5. The second kappa shape index (κ2) is 7.26. The van der Waals surface area contributed by atoms with Gasteiger partial charge in [-0.1, -0.05) is 17.3 Å². The van der Waals surface area contributed by atoms with Crippen molar-refractivity contribution in [2.75, 3.05) is 11.9 Å². The number of pyridine rings is 1. The van der Waals surface area contributed by atoms with Gasteiger partial charge in [-0.3, -0.25) is 14.6 Å². The van der Waals surface area contributed by atoms with Crippen molar-refractivity contribution in [2.24, 2.45) is 0 Å². The Labute approximate surface area is 162 Å². The van der Waals surface area contributed by atoms with Crippen LogP contribution in [0.3, 0.4) is 0 Å². The monoisotopic (exact) mass is 376 g/mol. The van der Waals surface area contributed by atoms with Crippen LogP contribution in [0.15, 0.2) is 47.1 Å². The van der Waals surface area contributed by atoms with Crippen LogP contribution < -0.4 is 5.32 Å². The van der Waals surface area contributed by atoms with E-state index >= 15 is 0 Å². The van der Waals surface area contributed by atoms with E-state index in [1.54, 1.807) is 43.1 Å². The van der Waals surface area contributed by atoms with Crippen LogP contribution in [0.2, 0.25) is 0 Å². The molecule has 0 fully saturated rings. The first-order valence-electron chi connectivity index (χ1n) is 9.09. The lowest BCUT2D eigenvalue weighted by atomic mass is 9.98. The fourth-order valence-electron chi connectivity index (χ4n) is 3.45. The number of nitrogens with one attached hydrogen (secondary N) is 1. The topological polar surface area (TPSA) is 88.3 Å². The summed E-state index contributed by atoms with van der Waals surface area (Å²) in [6.07, 6.45) is 2.35. The summed E-state index contributed by atoms with van der Waals surface area (Å²) in [5.41, 5.74) is 4.37. The third-order valence-corrected chi connectivity index (χ3v) is 4.91. The minimum absolute atomic E-state index is 0.0789. The molecular formula is C21H20N4O3. The van der Waals surface area contributed by atoms with Gasteiger partial charge in [0.05, 0.1) is 5.69 Å².